The van der Waals surface area contributed by atoms with Gasteiger partial charge in [0.2, 0.25) is 0 Å². The van der Waals surface area contributed by atoms with Crippen molar-refractivity contribution in [2.75, 3.05) is 13.2 Å². The first-order valence-electron chi connectivity index (χ1n) is 5.94. The Balaban J connectivity index is 2.42. The molecule has 104 valence electrons. The number of hydrogen-bond donors (Lipinski definition) is 1. The summed E-state index contributed by atoms with van der Waals surface area (Å²) in [6.07, 6.45) is 0.495. The van der Waals surface area contributed by atoms with Crippen molar-refractivity contribution in [3.63, 3.8) is 0 Å². The zero-order chi connectivity index (χ0) is 14.3. The molecular formula is C13H15F2NO3. The van der Waals surface area contributed by atoms with Crippen LogP contribution in [0.25, 0.3) is 0 Å². The molecule has 0 aromatic heterocycles. The molecular weight excluding hydrogens is 256 g/mol. The molecule has 1 rings (SSSR count). The van der Waals surface area contributed by atoms with Gasteiger partial charge in [-0.2, -0.15) is 0 Å². The maximum Gasteiger partial charge on any atom is 0.305 e. The highest BCUT2D eigenvalue weighted by Gasteiger charge is 2.16. The molecule has 0 aliphatic carbocycles. The minimum absolute atomic E-state index is 0.144. The second-order valence-electron chi connectivity index (χ2n) is 3.76. The summed E-state index contributed by atoms with van der Waals surface area (Å²) in [6, 6.07) is 3.20. The first-order valence-corrected chi connectivity index (χ1v) is 5.94. The van der Waals surface area contributed by atoms with Gasteiger partial charge in [0.1, 0.15) is 17.2 Å². The quantitative estimate of drug-likeness (QED) is 0.636. The molecule has 0 bridgehead atoms. The van der Waals surface area contributed by atoms with Gasteiger partial charge < -0.3 is 10.1 Å². The summed E-state index contributed by atoms with van der Waals surface area (Å²) < 4.78 is 31.2. The zero-order valence-corrected chi connectivity index (χ0v) is 10.5. The van der Waals surface area contributed by atoms with Crippen molar-refractivity contribution < 1.29 is 23.1 Å². The summed E-state index contributed by atoms with van der Waals surface area (Å²) in [5, 5.41) is 2.35. The Bertz CT molecular complexity index is 443. The summed E-state index contributed by atoms with van der Waals surface area (Å²) in [5.74, 6) is -3.03. The number of ether oxygens (including phenoxy) is 1. The number of hydrogen-bond acceptors (Lipinski definition) is 3. The maximum absolute atomic E-state index is 13.3. The molecule has 0 fully saturated rings. The van der Waals surface area contributed by atoms with Crippen molar-refractivity contribution >= 4 is 11.9 Å². The molecule has 1 N–H and O–H groups in total. The van der Waals surface area contributed by atoms with Crippen LogP contribution in [0.1, 0.15) is 30.1 Å². The number of halogens is 2. The minimum Gasteiger partial charge on any atom is -0.466 e. The Labute approximate surface area is 109 Å². The van der Waals surface area contributed by atoms with Crippen LogP contribution in [0.15, 0.2) is 18.2 Å². The van der Waals surface area contributed by atoms with Gasteiger partial charge in [0.05, 0.1) is 6.61 Å². The molecule has 6 heteroatoms. The van der Waals surface area contributed by atoms with Gasteiger partial charge >= 0.3 is 5.97 Å². The summed E-state index contributed by atoms with van der Waals surface area (Å²) in [7, 11) is 0. The van der Waals surface area contributed by atoms with Crippen LogP contribution in [0.4, 0.5) is 8.78 Å². The largest absolute Gasteiger partial charge is 0.466 e. The van der Waals surface area contributed by atoms with Gasteiger partial charge in [0, 0.05) is 13.0 Å². The Morgan fingerprint density at radius 3 is 2.47 bits per heavy atom. The van der Waals surface area contributed by atoms with Crippen LogP contribution in [0.5, 0.6) is 0 Å². The van der Waals surface area contributed by atoms with Gasteiger partial charge in [-0.3, -0.25) is 9.59 Å². The van der Waals surface area contributed by atoms with Gasteiger partial charge in [-0.25, -0.2) is 8.78 Å². The van der Waals surface area contributed by atoms with Crippen LogP contribution >= 0.6 is 0 Å². The van der Waals surface area contributed by atoms with Crippen LogP contribution in [-0.4, -0.2) is 25.0 Å². The predicted molar refractivity (Wildman–Crippen MR) is 64.6 cm³/mol. The van der Waals surface area contributed by atoms with E-state index in [1.807, 2.05) is 0 Å². The lowest BCUT2D eigenvalue weighted by Gasteiger charge is -2.06. The number of esters is 1. The number of amides is 1. The van der Waals surface area contributed by atoms with Crippen LogP contribution in [0, 0.1) is 11.6 Å². The monoisotopic (exact) mass is 271 g/mol. The van der Waals surface area contributed by atoms with E-state index in [1.165, 1.54) is 6.07 Å². The average Bonchev–Trinajstić information content (AvgIpc) is 2.35. The summed E-state index contributed by atoms with van der Waals surface area (Å²) >= 11 is 0. The standard InChI is InChI=1S/C13H15F2NO3/c1-2-19-11(17)7-4-8-16-13(18)12-9(14)5-3-6-10(12)15/h3,5-6H,2,4,7-8H2,1H3,(H,16,18). The molecule has 0 unspecified atom stereocenters. The fraction of sp³-hybridized carbons (Fsp3) is 0.385. The van der Waals surface area contributed by atoms with Crippen LogP contribution in [-0.2, 0) is 9.53 Å². The third-order valence-corrected chi connectivity index (χ3v) is 2.34. The van der Waals surface area contributed by atoms with E-state index < -0.39 is 23.1 Å². The molecule has 19 heavy (non-hydrogen) atoms. The van der Waals surface area contributed by atoms with E-state index in [-0.39, 0.29) is 18.9 Å². The minimum atomic E-state index is -0.914. The van der Waals surface area contributed by atoms with Gasteiger partial charge in [-0.15, -0.1) is 0 Å². The third-order valence-electron chi connectivity index (χ3n) is 2.34. The van der Waals surface area contributed by atoms with Crippen molar-refractivity contribution in [2.45, 2.75) is 19.8 Å². The Morgan fingerprint density at radius 2 is 1.89 bits per heavy atom. The molecule has 1 aromatic rings. The highest BCUT2D eigenvalue weighted by molar-refractivity contribution is 5.94. The number of carbonyl (C=O) groups is 2. The fourth-order valence-corrected chi connectivity index (χ4v) is 1.47. The second-order valence-corrected chi connectivity index (χ2v) is 3.76. The maximum atomic E-state index is 13.3. The molecule has 0 saturated heterocycles. The molecule has 0 aliphatic rings. The number of nitrogens with one attached hydrogen (secondary N) is 1. The fourth-order valence-electron chi connectivity index (χ4n) is 1.47. The summed E-state index contributed by atoms with van der Waals surface area (Å²) in [5.41, 5.74) is -0.612. The number of benzene rings is 1. The topological polar surface area (TPSA) is 55.4 Å². The molecule has 1 aromatic carbocycles. The van der Waals surface area contributed by atoms with E-state index in [1.54, 1.807) is 6.92 Å². The third kappa shape index (κ3) is 4.65. The second kappa shape index (κ2) is 7.45. The van der Waals surface area contributed by atoms with E-state index in [4.69, 9.17) is 4.74 Å². The molecule has 0 radical (unpaired) electrons. The lowest BCUT2D eigenvalue weighted by Crippen LogP contribution is -2.27. The van der Waals surface area contributed by atoms with E-state index in [0.717, 1.165) is 12.1 Å². The Morgan fingerprint density at radius 1 is 1.26 bits per heavy atom. The van der Waals surface area contributed by atoms with Crippen LogP contribution < -0.4 is 5.32 Å². The summed E-state index contributed by atoms with van der Waals surface area (Å²) in [6.45, 7) is 2.14. The number of carbonyl (C=O) groups excluding carboxylic acids is 2. The van der Waals surface area contributed by atoms with Crippen LogP contribution in [0.3, 0.4) is 0 Å². The van der Waals surface area contributed by atoms with Crippen molar-refractivity contribution in [1.82, 2.24) is 5.32 Å². The highest BCUT2D eigenvalue weighted by atomic mass is 19.1. The molecule has 0 atom stereocenters. The molecule has 0 saturated carbocycles. The summed E-state index contributed by atoms with van der Waals surface area (Å²) in [4.78, 5) is 22.6. The zero-order valence-electron chi connectivity index (χ0n) is 10.5. The molecule has 0 aliphatic heterocycles. The normalized spacial score (nSPS) is 10.1. The first-order chi connectivity index (χ1) is 9.06. The van der Waals surface area contributed by atoms with Gasteiger partial charge in [0.15, 0.2) is 0 Å². The average molecular weight is 271 g/mol. The van der Waals surface area contributed by atoms with E-state index in [2.05, 4.69) is 5.32 Å². The highest BCUT2D eigenvalue weighted by Crippen LogP contribution is 2.11. The molecule has 0 heterocycles. The van der Waals surface area contributed by atoms with Crippen molar-refractivity contribution in [3.05, 3.63) is 35.4 Å². The van der Waals surface area contributed by atoms with Crippen molar-refractivity contribution in [1.29, 1.82) is 0 Å². The first kappa shape index (κ1) is 15.1. The molecule has 1 amide bonds. The number of rotatable bonds is 6. The van der Waals surface area contributed by atoms with E-state index in [9.17, 15) is 18.4 Å². The van der Waals surface area contributed by atoms with E-state index in [0.29, 0.717) is 13.0 Å². The van der Waals surface area contributed by atoms with E-state index >= 15 is 0 Å². The van der Waals surface area contributed by atoms with Gasteiger partial charge in [-0.1, -0.05) is 6.07 Å². The van der Waals surface area contributed by atoms with Crippen molar-refractivity contribution in [3.8, 4) is 0 Å². The Hall–Kier alpha value is -1.98. The lowest BCUT2D eigenvalue weighted by molar-refractivity contribution is -0.143. The van der Waals surface area contributed by atoms with Crippen molar-refractivity contribution in [2.24, 2.45) is 0 Å². The molecule has 4 nitrogen and oxygen atoms in total. The predicted octanol–water partition coefficient (Wildman–Crippen LogP) is 2.04. The van der Waals surface area contributed by atoms with Gasteiger partial charge in [0.25, 0.3) is 5.91 Å². The SMILES string of the molecule is CCOC(=O)CCCNC(=O)c1c(F)cccc1F. The van der Waals surface area contributed by atoms with Gasteiger partial charge in [-0.05, 0) is 25.5 Å². The smallest absolute Gasteiger partial charge is 0.305 e. The lowest BCUT2D eigenvalue weighted by atomic mass is 10.2. The molecule has 0 spiro atoms. The Kier molecular flexibility index (Phi) is 5.92. The van der Waals surface area contributed by atoms with Crippen LogP contribution in [0.2, 0.25) is 0 Å².